The summed E-state index contributed by atoms with van der Waals surface area (Å²) in [4.78, 5) is 4.48. The van der Waals surface area contributed by atoms with Crippen LogP contribution >= 0.6 is 23.1 Å². The molecule has 2 rings (SSSR count). The standard InChI is InChI=1S/C13H21N5OS2/c1-6-7-14-11-16-17-12(21-11)20-8(2)9-15-10(18-19-9)13(3,4)5/h8H,6-7H2,1-5H3,(H,14,16). The first kappa shape index (κ1) is 16.2. The molecule has 0 bridgehead atoms. The van der Waals surface area contributed by atoms with Gasteiger partial charge in [-0.3, -0.25) is 0 Å². The summed E-state index contributed by atoms with van der Waals surface area (Å²) in [5.74, 6) is 1.36. The molecule has 8 heteroatoms. The molecule has 0 fully saturated rings. The van der Waals surface area contributed by atoms with Gasteiger partial charge >= 0.3 is 0 Å². The summed E-state index contributed by atoms with van der Waals surface area (Å²) in [5.41, 5.74) is -0.105. The van der Waals surface area contributed by atoms with E-state index in [0.717, 1.165) is 28.3 Å². The molecule has 1 atom stereocenters. The fourth-order valence-electron chi connectivity index (χ4n) is 1.47. The molecule has 0 aliphatic heterocycles. The molecular formula is C13H21N5OS2. The Kier molecular flexibility index (Phi) is 5.21. The van der Waals surface area contributed by atoms with E-state index in [1.54, 1.807) is 23.1 Å². The monoisotopic (exact) mass is 327 g/mol. The SMILES string of the molecule is CCCNc1nnc(SC(C)c2nc(C(C)(C)C)no2)s1. The van der Waals surface area contributed by atoms with Gasteiger partial charge in [0.25, 0.3) is 0 Å². The summed E-state index contributed by atoms with van der Waals surface area (Å²) in [7, 11) is 0. The average molecular weight is 327 g/mol. The topological polar surface area (TPSA) is 76.7 Å². The lowest BCUT2D eigenvalue weighted by Gasteiger charge is -2.11. The summed E-state index contributed by atoms with van der Waals surface area (Å²) < 4.78 is 6.26. The van der Waals surface area contributed by atoms with Gasteiger partial charge in [0.15, 0.2) is 10.2 Å². The van der Waals surface area contributed by atoms with Crippen LogP contribution in [0.4, 0.5) is 5.13 Å². The van der Waals surface area contributed by atoms with E-state index in [1.807, 2.05) is 6.92 Å². The predicted molar refractivity (Wildman–Crippen MR) is 86.0 cm³/mol. The third kappa shape index (κ3) is 4.41. The molecule has 1 N–H and O–H groups in total. The van der Waals surface area contributed by atoms with Crippen LogP contribution in [0.25, 0.3) is 0 Å². The fraction of sp³-hybridized carbons (Fsp3) is 0.692. The van der Waals surface area contributed by atoms with Gasteiger partial charge in [-0.05, 0) is 13.3 Å². The number of nitrogens with zero attached hydrogens (tertiary/aromatic N) is 4. The molecular weight excluding hydrogens is 306 g/mol. The van der Waals surface area contributed by atoms with Crippen molar-refractivity contribution in [3.63, 3.8) is 0 Å². The normalized spacial score (nSPS) is 13.4. The van der Waals surface area contributed by atoms with Crippen molar-refractivity contribution in [2.45, 2.75) is 56.0 Å². The van der Waals surface area contributed by atoms with Crippen molar-refractivity contribution in [2.75, 3.05) is 11.9 Å². The molecule has 2 heterocycles. The van der Waals surface area contributed by atoms with Crippen LogP contribution in [0.1, 0.15) is 58.0 Å². The Labute approximate surface area is 133 Å². The van der Waals surface area contributed by atoms with Crippen LogP contribution in [-0.2, 0) is 5.41 Å². The van der Waals surface area contributed by atoms with Crippen molar-refractivity contribution >= 4 is 28.2 Å². The summed E-state index contributed by atoms with van der Waals surface area (Å²) in [5, 5.41) is 16.5. The molecule has 116 valence electrons. The van der Waals surface area contributed by atoms with E-state index in [0.29, 0.717) is 5.89 Å². The lowest BCUT2D eigenvalue weighted by Crippen LogP contribution is -2.13. The van der Waals surface area contributed by atoms with Crippen molar-refractivity contribution in [2.24, 2.45) is 0 Å². The van der Waals surface area contributed by atoms with Crippen LogP contribution in [0.15, 0.2) is 8.86 Å². The highest BCUT2D eigenvalue weighted by Crippen LogP contribution is 2.37. The molecule has 2 aromatic heterocycles. The molecule has 0 aliphatic rings. The Balaban J connectivity index is 1.99. The molecule has 0 saturated carbocycles. The maximum atomic E-state index is 5.36. The van der Waals surface area contributed by atoms with E-state index in [2.05, 4.69) is 53.3 Å². The first-order valence-electron chi connectivity index (χ1n) is 6.98. The minimum absolute atomic E-state index is 0.0561. The smallest absolute Gasteiger partial charge is 0.239 e. The number of rotatable bonds is 6. The number of thioether (sulfide) groups is 1. The Bertz CT molecular complexity index is 575. The Morgan fingerprint density at radius 2 is 2.10 bits per heavy atom. The average Bonchev–Trinajstić information content (AvgIpc) is 3.04. The van der Waals surface area contributed by atoms with Crippen LogP contribution in [0.3, 0.4) is 0 Å². The number of nitrogens with one attached hydrogen (secondary N) is 1. The molecule has 2 aromatic rings. The van der Waals surface area contributed by atoms with E-state index >= 15 is 0 Å². The van der Waals surface area contributed by atoms with E-state index in [4.69, 9.17) is 4.52 Å². The number of aromatic nitrogens is 4. The summed E-state index contributed by atoms with van der Waals surface area (Å²) >= 11 is 3.13. The highest BCUT2D eigenvalue weighted by Gasteiger charge is 2.24. The third-order valence-corrected chi connectivity index (χ3v) is 4.72. The molecule has 0 amide bonds. The first-order valence-corrected chi connectivity index (χ1v) is 8.68. The molecule has 0 saturated heterocycles. The first-order chi connectivity index (χ1) is 9.90. The largest absolute Gasteiger partial charge is 0.360 e. The Morgan fingerprint density at radius 1 is 1.33 bits per heavy atom. The van der Waals surface area contributed by atoms with Gasteiger partial charge in [-0.2, -0.15) is 4.98 Å². The summed E-state index contributed by atoms with van der Waals surface area (Å²) in [6.07, 6.45) is 1.07. The fourth-order valence-corrected chi connectivity index (χ4v) is 3.42. The van der Waals surface area contributed by atoms with Gasteiger partial charge in [0, 0.05) is 12.0 Å². The number of hydrogen-bond donors (Lipinski definition) is 1. The van der Waals surface area contributed by atoms with Crippen molar-refractivity contribution < 1.29 is 4.52 Å². The molecule has 0 radical (unpaired) electrons. The van der Waals surface area contributed by atoms with Crippen molar-refractivity contribution in [1.82, 2.24) is 20.3 Å². The minimum atomic E-state index is -0.105. The van der Waals surface area contributed by atoms with E-state index < -0.39 is 0 Å². The highest BCUT2D eigenvalue weighted by atomic mass is 32.2. The summed E-state index contributed by atoms with van der Waals surface area (Å²) in [6.45, 7) is 11.3. The van der Waals surface area contributed by atoms with Gasteiger partial charge in [0.05, 0.1) is 5.25 Å². The third-order valence-electron chi connectivity index (χ3n) is 2.67. The lowest BCUT2D eigenvalue weighted by molar-refractivity contribution is 0.364. The highest BCUT2D eigenvalue weighted by molar-refractivity contribution is 8.01. The maximum absolute atomic E-state index is 5.36. The molecule has 21 heavy (non-hydrogen) atoms. The second-order valence-electron chi connectivity index (χ2n) is 5.77. The van der Waals surface area contributed by atoms with E-state index in [9.17, 15) is 0 Å². The van der Waals surface area contributed by atoms with Crippen LogP contribution in [0, 0.1) is 0 Å². The van der Waals surface area contributed by atoms with Gasteiger partial charge in [-0.25, -0.2) is 0 Å². The molecule has 1 unspecified atom stereocenters. The molecule has 0 aliphatic carbocycles. The van der Waals surface area contributed by atoms with Gasteiger partial charge in [-0.15, -0.1) is 10.2 Å². The quantitative estimate of drug-likeness (QED) is 0.806. The second-order valence-corrected chi connectivity index (χ2v) is 8.33. The predicted octanol–water partition coefficient (Wildman–Crippen LogP) is 3.89. The second kappa shape index (κ2) is 6.74. The minimum Gasteiger partial charge on any atom is -0.360 e. The van der Waals surface area contributed by atoms with Crippen LogP contribution < -0.4 is 5.32 Å². The van der Waals surface area contributed by atoms with Crippen LogP contribution in [0.5, 0.6) is 0 Å². The zero-order chi connectivity index (χ0) is 15.5. The molecule has 0 aromatic carbocycles. The van der Waals surface area contributed by atoms with E-state index in [-0.39, 0.29) is 10.7 Å². The van der Waals surface area contributed by atoms with Crippen LogP contribution in [0.2, 0.25) is 0 Å². The van der Waals surface area contributed by atoms with Gasteiger partial charge < -0.3 is 9.84 Å². The van der Waals surface area contributed by atoms with Crippen molar-refractivity contribution in [3.05, 3.63) is 11.7 Å². The van der Waals surface area contributed by atoms with Crippen molar-refractivity contribution in [1.29, 1.82) is 0 Å². The molecule has 0 spiro atoms. The van der Waals surface area contributed by atoms with Crippen LogP contribution in [-0.4, -0.2) is 26.9 Å². The zero-order valence-corrected chi connectivity index (χ0v) is 14.6. The maximum Gasteiger partial charge on any atom is 0.239 e. The lowest BCUT2D eigenvalue weighted by atomic mass is 9.96. The Morgan fingerprint density at radius 3 is 2.71 bits per heavy atom. The number of hydrogen-bond acceptors (Lipinski definition) is 8. The van der Waals surface area contributed by atoms with Gasteiger partial charge in [0.1, 0.15) is 0 Å². The number of anilines is 1. The summed E-state index contributed by atoms with van der Waals surface area (Å²) in [6, 6.07) is 0. The molecule has 6 nitrogen and oxygen atoms in total. The Hall–Kier alpha value is -1.15. The van der Waals surface area contributed by atoms with Gasteiger partial charge in [-0.1, -0.05) is 56.0 Å². The van der Waals surface area contributed by atoms with Crippen molar-refractivity contribution in [3.8, 4) is 0 Å². The van der Waals surface area contributed by atoms with E-state index in [1.165, 1.54) is 0 Å². The zero-order valence-electron chi connectivity index (χ0n) is 13.0. The van der Waals surface area contributed by atoms with Gasteiger partial charge in [0.2, 0.25) is 11.0 Å².